The summed E-state index contributed by atoms with van der Waals surface area (Å²) in [5, 5.41) is 8.39. The van der Waals surface area contributed by atoms with E-state index in [0.717, 1.165) is 16.5 Å². The Bertz CT molecular complexity index is 1160. The van der Waals surface area contributed by atoms with Crippen molar-refractivity contribution in [3.63, 3.8) is 0 Å². The summed E-state index contributed by atoms with van der Waals surface area (Å²) in [7, 11) is 3.21. The maximum Gasteiger partial charge on any atom is 0.255 e. The molecule has 7 nitrogen and oxygen atoms in total. The summed E-state index contributed by atoms with van der Waals surface area (Å²) < 4.78 is 12.5. The predicted molar refractivity (Wildman–Crippen MR) is 117 cm³/mol. The topological polar surface area (TPSA) is 91.4 Å². The van der Waals surface area contributed by atoms with Crippen molar-refractivity contribution in [1.82, 2.24) is 9.78 Å². The second-order valence-corrected chi connectivity index (χ2v) is 6.83. The Hall–Kier alpha value is -4.00. The fourth-order valence-electron chi connectivity index (χ4n) is 3.24. The molecule has 0 aliphatic carbocycles. The Balaban J connectivity index is 1.49. The zero-order valence-corrected chi connectivity index (χ0v) is 16.8. The molecule has 1 amide bonds. The molecule has 0 saturated heterocycles. The number of nitrogens with one attached hydrogen (secondary N) is 1. The quantitative estimate of drug-likeness (QED) is 0.477. The van der Waals surface area contributed by atoms with Crippen molar-refractivity contribution in [2.75, 3.05) is 25.3 Å². The van der Waals surface area contributed by atoms with Gasteiger partial charge in [0.05, 0.1) is 37.7 Å². The van der Waals surface area contributed by atoms with E-state index in [1.54, 1.807) is 38.5 Å². The number of benzene rings is 3. The molecule has 0 unspecified atom stereocenters. The minimum absolute atomic E-state index is 0.205. The number of rotatable bonds is 6. The van der Waals surface area contributed by atoms with Gasteiger partial charge >= 0.3 is 0 Å². The Morgan fingerprint density at radius 1 is 1.03 bits per heavy atom. The van der Waals surface area contributed by atoms with Gasteiger partial charge in [-0.05, 0) is 35.9 Å². The summed E-state index contributed by atoms with van der Waals surface area (Å²) in [5.41, 5.74) is 9.42. The van der Waals surface area contributed by atoms with Crippen molar-refractivity contribution < 1.29 is 14.3 Å². The van der Waals surface area contributed by atoms with Gasteiger partial charge in [-0.3, -0.25) is 9.48 Å². The molecule has 0 spiro atoms. The SMILES string of the molecule is COc1cc2cn(Cc3ccc(C(=O)Nc4ccccc4N)cc3)nc2cc1OC. The number of aromatic nitrogens is 2. The Morgan fingerprint density at radius 3 is 2.43 bits per heavy atom. The van der Waals surface area contributed by atoms with Crippen LogP contribution in [0.25, 0.3) is 10.9 Å². The molecule has 7 heteroatoms. The van der Waals surface area contributed by atoms with Crippen LogP contribution in [0.1, 0.15) is 15.9 Å². The first kappa shape index (κ1) is 19.3. The number of methoxy groups -OCH3 is 2. The number of fused-ring (bicyclic) bond motifs is 1. The molecule has 3 aromatic carbocycles. The van der Waals surface area contributed by atoms with Crippen molar-refractivity contribution in [3.8, 4) is 11.5 Å². The largest absolute Gasteiger partial charge is 0.493 e. The summed E-state index contributed by atoms with van der Waals surface area (Å²) >= 11 is 0. The first-order valence-corrected chi connectivity index (χ1v) is 9.41. The molecule has 3 N–H and O–H groups in total. The summed E-state index contributed by atoms with van der Waals surface area (Å²) in [6, 6.07) is 18.3. The van der Waals surface area contributed by atoms with E-state index in [2.05, 4.69) is 10.4 Å². The van der Waals surface area contributed by atoms with E-state index in [-0.39, 0.29) is 5.91 Å². The fourth-order valence-corrected chi connectivity index (χ4v) is 3.24. The second kappa shape index (κ2) is 8.16. The van der Waals surface area contributed by atoms with E-state index < -0.39 is 0 Å². The second-order valence-electron chi connectivity index (χ2n) is 6.83. The number of hydrogen-bond donors (Lipinski definition) is 2. The van der Waals surface area contributed by atoms with E-state index >= 15 is 0 Å². The average molecular weight is 402 g/mol. The zero-order valence-electron chi connectivity index (χ0n) is 16.8. The smallest absolute Gasteiger partial charge is 0.255 e. The van der Waals surface area contributed by atoms with E-state index in [1.165, 1.54) is 0 Å². The number of hydrogen-bond acceptors (Lipinski definition) is 5. The Morgan fingerprint density at radius 2 is 1.73 bits per heavy atom. The van der Waals surface area contributed by atoms with Gasteiger partial charge in [0.1, 0.15) is 0 Å². The number of ether oxygens (including phenoxy) is 2. The maximum absolute atomic E-state index is 12.5. The molecule has 4 rings (SSSR count). The number of carbonyl (C=O) groups excluding carboxylic acids is 1. The molecule has 0 aliphatic heterocycles. The minimum atomic E-state index is -0.205. The van der Waals surface area contributed by atoms with Crippen molar-refractivity contribution in [2.24, 2.45) is 0 Å². The average Bonchev–Trinajstić information content (AvgIpc) is 3.15. The van der Waals surface area contributed by atoms with Gasteiger partial charge in [-0.15, -0.1) is 0 Å². The molecular weight excluding hydrogens is 380 g/mol. The van der Waals surface area contributed by atoms with Crippen molar-refractivity contribution >= 4 is 28.2 Å². The van der Waals surface area contributed by atoms with Crippen LogP contribution in [-0.2, 0) is 6.54 Å². The number of nitrogen functional groups attached to an aromatic ring is 1. The van der Waals surface area contributed by atoms with E-state index in [4.69, 9.17) is 15.2 Å². The molecule has 0 saturated carbocycles. The van der Waals surface area contributed by atoms with Gasteiger partial charge in [-0.25, -0.2) is 0 Å². The number of para-hydroxylation sites is 2. The van der Waals surface area contributed by atoms with Crippen LogP contribution in [0.15, 0.2) is 66.9 Å². The van der Waals surface area contributed by atoms with Crippen LogP contribution in [0, 0.1) is 0 Å². The Labute approximate surface area is 174 Å². The lowest BCUT2D eigenvalue weighted by Crippen LogP contribution is -2.13. The van der Waals surface area contributed by atoms with Crippen LogP contribution >= 0.6 is 0 Å². The third kappa shape index (κ3) is 3.91. The van der Waals surface area contributed by atoms with Crippen LogP contribution in [0.2, 0.25) is 0 Å². The molecule has 152 valence electrons. The lowest BCUT2D eigenvalue weighted by Gasteiger charge is -2.08. The van der Waals surface area contributed by atoms with E-state index in [1.807, 2.05) is 47.3 Å². The number of anilines is 2. The highest BCUT2D eigenvalue weighted by Crippen LogP contribution is 2.31. The van der Waals surface area contributed by atoms with Crippen LogP contribution in [0.3, 0.4) is 0 Å². The number of nitrogens with zero attached hydrogens (tertiary/aromatic N) is 2. The van der Waals surface area contributed by atoms with Gasteiger partial charge in [-0.1, -0.05) is 24.3 Å². The summed E-state index contributed by atoms with van der Waals surface area (Å²) in [4.78, 5) is 12.5. The van der Waals surface area contributed by atoms with Gasteiger partial charge in [0.15, 0.2) is 11.5 Å². The Kier molecular flexibility index (Phi) is 5.26. The van der Waals surface area contributed by atoms with Gasteiger partial charge in [0.2, 0.25) is 0 Å². The molecular formula is C23H22N4O3. The maximum atomic E-state index is 12.5. The molecule has 0 radical (unpaired) electrons. The lowest BCUT2D eigenvalue weighted by molar-refractivity contribution is 0.102. The van der Waals surface area contributed by atoms with Gasteiger partial charge in [0.25, 0.3) is 5.91 Å². The highest BCUT2D eigenvalue weighted by Gasteiger charge is 2.11. The summed E-state index contributed by atoms with van der Waals surface area (Å²) in [5.74, 6) is 1.10. The fraction of sp³-hybridized carbons (Fsp3) is 0.130. The van der Waals surface area contributed by atoms with E-state index in [9.17, 15) is 4.79 Å². The monoisotopic (exact) mass is 402 g/mol. The lowest BCUT2D eigenvalue weighted by atomic mass is 10.1. The van der Waals surface area contributed by atoms with Crippen LogP contribution < -0.4 is 20.5 Å². The number of carbonyl (C=O) groups is 1. The van der Waals surface area contributed by atoms with E-state index in [0.29, 0.717) is 35.0 Å². The molecule has 0 fully saturated rings. The van der Waals surface area contributed by atoms with Gasteiger partial charge < -0.3 is 20.5 Å². The van der Waals surface area contributed by atoms with Gasteiger partial charge in [0, 0.05) is 23.2 Å². The third-order valence-corrected chi connectivity index (χ3v) is 4.83. The van der Waals surface area contributed by atoms with Crippen molar-refractivity contribution in [1.29, 1.82) is 0 Å². The van der Waals surface area contributed by atoms with Crippen LogP contribution in [0.5, 0.6) is 11.5 Å². The first-order valence-electron chi connectivity index (χ1n) is 9.41. The van der Waals surface area contributed by atoms with Crippen molar-refractivity contribution in [3.05, 3.63) is 78.0 Å². The molecule has 0 atom stereocenters. The third-order valence-electron chi connectivity index (χ3n) is 4.83. The zero-order chi connectivity index (χ0) is 21.1. The van der Waals surface area contributed by atoms with Crippen LogP contribution in [-0.4, -0.2) is 29.9 Å². The number of nitrogens with two attached hydrogens (primary N) is 1. The molecule has 1 aromatic heterocycles. The first-order chi connectivity index (χ1) is 14.6. The van der Waals surface area contributed by atoms with Crippen molar-refractivity contribution in [2.45, 2.75) is 6.54 Å². The standard InChI is InChI=1S/C23H22N4O3/c1-29-21-11-17-14-27(26-20(17)12-22(21)30-2)13-15-7-9-16(10-8-15)23(28)25-19-6-4-3-5-18(19)24/h3-12,14H,13,24H2,1-2H3,(H,25,28). The van der Waals surface area contributed by atoms with Crippen LogP contribution in [0.4, 0.5) is 11.4 Å². The minimum Gasteiger partial charge on any atom is -0.493 e. The normalized spacial score (nSPS) is 10.7. The molecule has 30 heavy (non-hydrogen) atoms. The molecule has 1 heterocycles. The molecule has 0 bridgehead atoms. The van der Waals surface area contributed by atoms with Gasteiger partial charge in [-0.2, -0.15) is 5.10 Å². The predicted octanol–water partition coefficient (Wildman–Crippen LogP) is 3.94. The summed E-state index contributed by atoms with van der Waals surface area (Å²) in [6.45, 7) is 0.576. The molecule has 0 aliphatic rings. The number of amides is 1. The molecule has 4 aromatic rings. The highest BCUT2D eigenvalue weighted by molar-refractivity contribution is 6.05. The highest BCUT2D eigenvalue weighted by atomic mass is 16.5. The summed E-state index contributed by atoms with van der Waals surface area (Å²) in [6.07, 6.45) is 1.95.